The zero-order chi connectivity index (χ0) is 19.1. The average molecular weight is 368 g/mol. The minimum absolute atomic E-state index is 0.0252. The molecule has 1 heterocycles. The first kappa shape index (κ1) is 19.1. The van der Waals surface area contributed by atoms with Gasteiger partial charge in [0.2, 0.25) is 0 Å². The smallest absolute Gasteiger partial charge is 0.276 e. The molecule has 1 amide bonds. The molecule has 0 aliphatic heterocycles. The summed E-state index contributed by atoms with van der Waals surface area (Å²) in [5.74, 6) is 1.06. The normalized spacial score (nSPS) is 15.2. The van der Waals surface area contributed by atoms with Gasteiger partial charge in [-0.05, 0) is 51.0 Å². The maximum atomic E-state index is 12.5. The number of hydrogen-bond acceptors (Lipinski definition) is 5. The summed E-state index contributed by atoms with van der Waals surface area (Å²) in [5.41, 5.74) is 0.902. The molecule has 1 aliphatic carbocycles. The van der Waals surface area contributed by atoms with Crippen molar-refractivity contribution in [3.05, 3.63) is 42.1 Å². The van der Waals surface area contributed by atoms with Gasteiger partial charge in [-0.15, -0.1) is 10.2 Å². The van der Waals surface area contributed by atoms with Crippen LogP contribution in [0, 0.1) is 0 Å². The largest absolute Gasteiger partial charge is 0.489 e. The van der Waals surface area contributed by atoms with Crippen molar-refractivity contribution in [2.45, 2.75) is 64.5 Å². The van der Waals surface area contributed by atoms with Crippen molar-refractivity contribution >= 4 is 17.4 Å². The Bertz CT molecular complexity index is 738. The number of nitrogens with one attached hydrogen (secondary N) is 2. The topological polar surface area (TPSA) is 76.1 Å². The lowest BCUT2D eigenvalue weighted by atomic mass is 10.1. The highest BCUT2D eigenvalue weighted by molar-refractivity contribution is 6.03. The number of carbonyl (C=O) groups excluding carboxylic acids is 1. The molecule has 1 aromatic carbocycles. The maximum Gasteiger partial charge on any atom is 0.276 e. The number of hydrogen-bond donors (Lipinski definition) is 2. The molecule has 27 heavy (non-hydrogen) atoms. The van der Waals surface area contributed by atoms with Crippen LogP contribution < -0.4 is 15.4 Å². The average Bonchev–Trinajstić information content (AvgIpc) is 2.92. The van der Waals surface area contributed by atoms with Gasteiger partial charge < -0.3 is 15.4 Å². The molecule has 1 aliphatic rings. The van der Waals surface area contributed by atoms with Gasteiger partial charge in [0.1, 0.15) is 11.6 Å². The fourth-order valence-corrected chi connectivity index (χ4v) is 3.28. The van der Waals surface area contributed by atoms with Crippen LogP contribution in [0.3, 0.4) is 0 Å². The van der Waals surface area contributed by atoms with E-state index < -0.39 is 0 Å². The summed E-state index contributed by atoms with van der Waals surface area (Å²) in [6.45, 7) is 3.90. The van der Waals surface area contributed by atoms with Crippen LogP contribution in [0.2, 0.25) is 0 Å². The predicted molar refractivity (Wildman–Crippen MR) is 107 cm³/mol. The van der Waals surface area contributed by atoms with E-state index in [2.05, 4.69) is 20.8 Å². The number of ether oxygens (including phenoxy) is 1. The van der Waals surface area contributed by atoms with Gasteiger partial charge in [0, 0.05) is 6.04 Å². The summed E-state index contributed by atoms with van der Waals surface area (Å²) in [6, 6.07) is 11.3. The molecule has 6 heteroatoms. The Hall–Kier alpha value is -2.63. The minimum atomic E-state index is -0.302. The number of anilines is 2. The third kappa shape index (κ3) is 5.67. The zero-order valence-electron chi connectivity index (χ0n) is 16.1. The molecule has 1 fully saturated rings. The minimum Gasteiger partial charge on any atom is -0.489 e. The Labute approximate surface area is 160 Å². The van der Waals surface area contributed by atoms with E-state index in [1.807, 2.05) is 44.2 Å². The van der Waals surface area contributed by atoms with Crippen molar-refractivity contribution in [1.29, 1.82) is 0 Å². The number of aromatic nitrogens is 2. The number of nitrogens with zero attached hydrogens (tertiary/aromatic N) is 2. The van der Waals surface area contributed by atoms with Crippen molar-refractivity contribution in [2.75, 3.05) is 10.6 Å². The SMILES string of the molecule is CC(C)Oc1ccccc1NC(=O)c1ccc(NC2CCCCCC2)nn1. The van der Waals surface area contributed by atoms with Gasteiger partial charge in [0.25, 0.3) is 5.91 Å². The summed E-state index contributed by atoms with van der Waals surface area (Å²) in [7, 11) is 0. The van der Waals surface area contributed by atoms with Gasteiger partial charge in [0.15, 0.2) is 5.69 Å². The van der Waals surface area contributed by atoms with Gasteiger partial charge in [-0.2, -0.15) is 0 Å². The molecule has 0 spiro atoms. The first-order chi connectivity index (χ1) is 13.1. The van der Waals surface area contributed by atoms with E-state index >= 15 is 0 Å². The summed E-state index contributed by atoms with van der Waals surface area (Å²) in [5, 5.41) is 14.6. The summed E-state index contributed by atoms with van der Waals surface area (Å²) in [4.78, 5) is 12.5. The van der Waals surface area contributed by atoms with Gasteiger partial charge in [-0.25, -0.2) is 0 Å². The van der Waals surface area contributed by atoms with Crippen LogP contribution >= 0.6 is 0 Å². The molecule has 1 saturated carbocycles. The highest BCUT2D eigenvalue weighted by atomic mass is 16.5. The van der Waals surface area contributed by atoms with E-state index in [0.29, 0.717) is 17.5 Å². The Balaban J connectivity index is 1.62. The lowest BCUT2D eigenvalue weighted by molar-refractivity contribution is 0.102. The molecular weight excluding hydrogens is 340 g/mol. The maximum absolute atomic E-state index is 12.5. The molecule has 0 saturated heterocycles. The molecule has 144 valence electrons. The monoisotopic (exact) mass is 368 g/mol. The van der Waals surface area contributed by atoms with Crippen molar-refractivity contribution in [3.63, 3.8) is 0 Å². The number of para-hydroxylation sites is 2. The second kappa shape index (κ2) is 9.35. The van der Waals surface area contributed by atoms with Crippen LogP contribution in [0.1, 0.15) is 62.9 Å². The second-order valence-electron chi connectivity index (χ2n) is 7.25. The van der Waals surface area contributed by atoms with Crippen LogP contribution in [-0.2, 0) is 0 Å². The lowest BCUT2D eigenvalue weighted by Gasteiger charge is -2.16. The Kier molecular flexibility index (Phi) is 6.63. The van der Waals surface area contributed by atoms with E-state index in [-0.39, 0.29) is 17.7 Å². The molecule has 2 N–H and O–H groups in total. The molecule has 0 radical (unpaired) electrons. The highest BCUT2D eigenvalue weighted by Gasteiger charge is 2.15. The fraction of sp³-hybridized carbons (Fsp3) is 0.476. The summed E-state index contributed by atoms with van der Waals surface area (Å²) >= 11 is 0. The van der Waals surface area contributed by atoms with Crippen molar-refractivity contribution in [2.24, 2.45) is 0 Å². The first-order valence-corrected chi connectivity index (χ1v) is 9.79. The van der Waals surface area contributed by atoms with E-state index in [1.165, 1.54) is 25.7 Å². The number of benzene rings is 1. The van der Waals surface area contributed by atoms with Gasteiger partial charge in [0.05, 0.1) is 11.8 Å². The highest BCUT2D eigenvalue weighted by Crippen LogP contribution is 2.25. The van der Waals surface area contributed by atoms with Crippen molar-refractivity contribution in [1.82, 2.24) is 10.2 Å². The molecule has 0 unspecified atom stereocenters. The summed E-state index contributed by atoms with van der Waals surface area (Å²) in [6.07, 6.45) is 7.48. The third-order valence-electron chi connectivity index (χ3n) is 4.60. The Morgan fingerprint density at radius 2 is 1.78 bits per heavy atom. The van der Waals surface area contributed by atoms with Crippen LogP contribution in [-0.4, -0.2) is 28.3 Å². The summed E-state index contributed by atoms with van der Waals surface area (Å²) < 4.78 is 5.74. The van der Waals surface area contributed by atoms with Gasteiger partial charge in [-0.1, -0.05) is 37.8 Å². The van der Waals surface area contributed by atoms with E-state index in [9.17, 15) is 4.79 Å². The molecule has 2 aromatic rings. The Morgan fingerprint density at radius 3 is 2.44 bits per heavy atom. The van der Waals surface area contributed by atoms with E-state index in [1.54, 1.807) is 6.07 Å². The zero-order valence-corrected chi connectivity index (χ0v) is 16.1. The number of carbonyl (C=O) groups is 1. The van der Waals surface area contributed by atoms with Gasteiger partial charge in [-0.3, -0.25) is 4.79 Å². The van der Waals surface area contributed by atoms with Crippen LogP contribution in [0.25, 0.3) is 0 Å². The van der Waals surface area contributed by atoms with E-state index in [0.717, 1.165) is 18.7 Å². The molecule has 0 bridgehead atoms. The van der Waals surface area contributed by atoms with Gasteiger partial charge >= 0.3 is 0 Å². The molecule has 0 atom stereocenters. The number of amides is 1. The fourth-order valence-electron chi connectivity index (χ4n) is 3.28. The predicted octanol–water partition coefficient (Wildman–Crippen LogP) is 4.65. The van der Waals surface area contributed by atoms with Crippen LogP contribution in [0.5, 0.6) is 5.75 Å². The first-order valence-electron chi connectivity index (χ1n) is 9.79. The number of rotatable bonds is 6. The Morgan fingerprint density at radius 1 is 1.04 bits per heavy atom. The second-order valence-corrected chi connectivity index (χ2v) is 7.25. The standard InChI is InChI=1S/C21H28N4O2/c1-15(2)27-19-12-8-7-11-17(19)23-21(26)18-13-14-20(25-24-18)22-16-9-5-3-4-6-10-16/h7-8,11-16H,3-6,9-10H2,1-2H3,(H,22,25)(H,23,26). The molecular formula is C21H28N4O2. The van der Waals surface area contributed by atoms with E-state index in [4.69, 9.17) is 4.74 Å². The molecule has 6 nitrogen and oxygen atoms in total. The van der Waals surface area contributed by atoms with Crippen LogP contribution in [0.4, 0.5) is 11.5 Å². The molecule has 3 rings (SSSR count). The van der Waals surface area contributed by atoms with Crippen molar-refractivity contribution < 1.29 is 9.53 Å². The van der Waals surface area contributed by atoms with Crippen molar-refractivity contribution in [3.8, 4) is 5.75 Å². The third-order valence-corrected chi connectivity index (χ3v) is 4.60. The van der Waals surface area contributed by atoms with Crippen LogP contribution in [0.15, 0.2) is 36.4 Å². The lowest BCUT2D eigenvalue weighted by Crippen LogP contribution is -2.20. The molecule has 1 aromatic heterocycles. The quantitative estimate of drug-likeness (QED) is 0.726.